The quantitative estimate of drug-likeness (QED) is 0.733. The highest BCUT2D eigenvalue weighted by atomic mass is 16.7. The molecule has 2 rings (SSSR count). The summed E-state index contributed by atoms with van der Waals surface area (Å²) in [7, 11) is 1.65. The molecular formula is C14H16O3. The first-order chi connectivity index (χ1) is 8.14. The fraction of sp³-hybridized carbons (Fsp3) is 0.357. The van der Waals surface area contributed by atoms with Gasteiger partial charge in [-0.25, -0.2) is 4.79 Å². The molecule has 3 nitrogen and oxygen atoms in total. The van der Waals surface area contributed by atoms with E-state index in [1.54, 1.807) is 7.11 Å². The molecule has 1 heterocycles. The summed E-state index contributed by atoms with van der Waals surface area (Å²) in [6, 6.07) is 7.84. The number of carbonyl (C=O) groups is 1. The lowest BCUT2D eigenvalue weighted by molar-refractivity contribution is -0.117. The maximum atomic E-state index is 10.9. The molecule has 0 radical (unpaired) electrons. The van der Waals surface area contributed by atoms with Crippen LogP contribution in [0.4, 0.5) is 0 Å². The van der Waals surface area contributed by atoms with E-state index in [-0.39, 0.29) is 5.97 Å². The van der Waals surface area contributed by atoms with Crippen molar-refractivity contribution >= 4 is 12.0 Å². The average molecular weight is 232 g/mol. The molecule has 0 amide bonds. The molecule has 0 aromatic heterocycles. The standard InChI is InChI=1S/C14H16O3/c1-14(13(15)17-14)10-4-3-5-11-6-8-12(16-2)9-7-11/h3,5-9H,4,10H2,1-2H3. The Morgan fingerprint density at radius 3 is 2.53 bits per heavy atom. The summed E-state index contributed by atoms with van der Waals surface area (Å²) < 4.78 is 9.98. The second-order valence-corrected chi connectivity index (χ2v) is 4.33. The van der Waals surface area contributed by atoms with Crippen LogP contribution in [0.5, 0.6) is 5.75 Å². The van der Waals surface area contributed by atoms with Gasteiger partial charge >= 0.3 is 5.97 Å². The molecule has 90 valence electrons. The van der Waals surface area contributed by atoms with Crippen LogP contribution in [0.3, 0.4) is 0 Å². The molecule has 0 bridgehead atoms. The van der Waals surface area contributed by atoms with Crippen LogP contribution in [0.2, 0.25) is 0 Å². The monoisotopic (exact) mass is 232 g/mol. The Hall–Kier alpha value is -1.77. The van der Waals surface area contributed by atoms with Crippen LogP contribution in [-0.2, 0) is 9.53 Å². The summed E-state index contributed by atoms with van der Waals surface area (Å²) in [6.07, 6.45) is 5.68. The number of cyclic esters (lactones) is 1. The Morgan fingerprint density at radius 1 is 1.35 bits per heavy atom. The number of epoxide rings is 1. The molecule has 0 N–H and O–H groups in total. The van der Waals surface area contributed by atoms with E-state index < -0.39 is 5.60 Å². The molecular weight excluding hydrogens is 216 g/mol. The molecule has 1 aromatic rings. The Balaban J connectivity index is 1.81. The van der Waals surface area contributed by atoms with Gasteiger partial charge in [0.15, 0.2) is 0 Å². The summed E-state index contributed by atoms with van der Waals surface area (Å²) in [6.45, 7) is 1.83. The molecule has 17 heavy (non-hydrogen) atoms. The van der Waals surface area contributed by atoms with E-state index in [0.717, 1.165) is 24.2 Å². The minimum Gasteiger partial charge on any atom is -0.497 e. The first-order valence-electron chi connectivity index (χ1n) is 5.68. The van der Waals surface area contributed by atoms with Crippen LogP contribution in [0.25, 0.3) is 6.08 Å². The van der Waals surface area contributed by atoms with Gasteiger partial charge in [-0.05, 0) is 31.0 Å². The van der Waals surface area contributed by atoms with Gasteiger partial charge in [0, 0.05) is 6.42 Å². The van der Waals surface area contributed by atoms with Gasteiger partial charge in [-0.1, -0.05) is 24.3 Å². The van der Waals surface area contributed by atoms with Crippen molar-refractivity contribution < 1.29 is 14.3 Å². The third-order valence-corrected chi connectivity index (χ3v) is 2.92. The van der Waals surface area contributed by atoms with Crippen LogP contribution < -0.4 is 4.74 Å². The predicted octanol–water partition coefficient (Wildman–Crippen LogP) is 2.80. The van der Waals surface area contributed by atoms with Gasteiger partial charge in [-0.3, -0.25) is 0 Å². The normalized spacial score (nSPS) is 22.6. The molecule has 0 spiro atoms. The Labute approximate surface area is 101 Å². The zero-order valence-corrected chi connectivity index (χ0v) is 10.1. The highest BCUT2D eigenvalue weighted by Gasteiger charge is 2.52. The smallest absolute Gasteiger partial charge is 0.351 e. The highest BCUT2D eigenvalue weighted by molar-refractivity contribution is 5.92. The van der Waals surface area contributed by atoms with Crippen molar-refractivity contribution in [3.8, 4) is 5.75 Å². The number of benzene rings is 1. The molecule has 0 aliphatic carbocycles. The highest BCUT2D eigenvalue weighted by Crippen LogP contribution is 2.33. The van der Waals surface area contributed by atoms with Crippen molar-refractivity contribution in [3.05, 3.63) is 35.9 Å². The van der Waals surface area contributed by atoms with Gasteiger partial charge < -0.3 is 9.47 Å². The van der Waals surface area contributed by atoms with Gasteiger partial charge in [0.2, 0.25) is 5.60 Å². The lowest BCUT2D eigenvalue weighted by Crippen LogP contribution is -2.04. The van der Waals surface area contributed by atoms with Crippen molar-refractivity contribution in [1.29, 1.82) is 0 Å². The molecule has 3 heteroatoms. The predicted molar refractivity (Wildman–Crippen MR) is 65.8 cm³/mol. The molecule has 0 saturated carbocycles. The summed E-state index contributed by atoms with van der Waals surface area (Å²) >= 11 is 0. The van der Waals surface area contributed by atoms with Crippen molar-refractivity contribution in [1.82, 2.24) is 0 Å². The van der Waals surface area contributed by atoms with Crippen molar-refractivity contribution in [2.75, 3.05) is 7.11 Å². The van der Waals surface area contributed by atoms with Crippen LogP contribution in [0.1, 0.15) is 25.3 Å². The summed E-state index contributed by atoms with van der Waals surface area (Å²) in [4.78, 5) is 10.9. The number of hydrogen-bond donors (Lipinski definition) is 0. The fourth-order valence-corrected chi connectivity index (χ4v) is 1.63. The van der Waals surface area contributed by atoms with Crippen molar-refractivity contribution in [2.24, 2.45) is 0 Å². The maximum absolute atomic E-state index is 10.9. The first-order valence-corrected chi connectivity index (χ1v) is 5.68. The molecule has 1 aliphatic rings. The first kappa shape index (κ1) is 11.7. The number of rotatable bonds is 5. The van der Waals surface area contributed by atoms with E-state index in [2.05, 4.69) is 6.08 Å². The van der Waals surface area contributed by atoms with Gasteiger partial charge in [0.25, 0.3) is 0 Å². The molecule has 1 aromatic carbocycles. The second kappa shape index (κ2) is 4.62. The van der Waals surface area contributed by atoms with E-state index in [0.29, 0.717) is 0 Å². The van der Waals surface area contributed by atoms with Gasteiger partial charge in [-0.2, -0.15) is 0 Å². The number of carbonyl (C=O) groups excluding carboxylic acids is 1. The molecule has 1 fully saturated rings. The van der Waals surface area contributed by atoms with Crippen molar-refractivity contribution in [2.45, 2.75) is 25.4 Å². The zero-order chi connectivity index (χ0) is 12.3. The van der Waals surface area contributed by atoms with E-state index in [9.17, 15) is 4.79 Å². The van der Waals surface area contributed by atoms with E-state index in [1.807, 2.05) is 37.3 Å². The Bertz CT molecular complexity index is 433. The van der Waals surface area contributed by atoms with E-state index in [1.165, 1.54) is 0 Å². The third kappa shape index (κ3) is 2.87. The minimum absolute atomic E-state index is 0.0876. The van der Waals surface area contributed by atoms with Crippen LogP contribution >= 0.6 is 0 Å². The van der Waals surface area contributed by atoms with Gasteiger partial charge in [0.1, 0.15) is 5.75 Å². The summed E-state index contributed by atoms with van der Waals surface area (Å²) in [5.74, 6) is 0.766. The topological polar surface area (TPSA) is 38.8 Å². The molecule has 1 aliphatic heterocycles. The number of hydrogen-bond acceptors (Lipinski definition) is 3. The molecule has 1 atom stereocenters. The van der Waals surface area contributed by atoms with E-state index in [4.69, 9.17) is 9.47 Å². The van der Waals surface area contributed by atoms with E-state index >= 15 is 0 Å². The van der Waals surface area contributed by atoms with Crippen LogP contribution in [0.15, 0.2) is 30.3 Å². The summed E-state index contributed by atoms with van der Waals surface area (Å²) in [5, 5.41) is 0. The Morgan fingerprint density at radius 2 is 2.00 bits per heavy atom. The maximum Gasteiger partial charge on any atom is 0.351 e. The second-order valence-electron chi connectivity index (χ2n) is 4.33. The fourth-order valence-electron chi connectivity index (χ4n) is 1.63. The van der Waals surface area contributed by atoms with Gasteiger partial charge in [-0.15, -0.1) is 0 Å². The SMILES string of the molecule is COc1ccc(C=CCCC2(C)OC2=O)cc1. The van der Waals surface area contributed by atoms with Crippen LogP contribution in [0, 0.1) is 0 Å². The number of allylic oxidation sites excluding steroid dienone is 1. The Kier molecular flexibility index (Phi) is 3.18. The third-order valence-electron chi connectivity index (χ3n) is 2.92. The van der Waals surface area contributed by atoms with Crippen LogP contribution in [-0.4, -0.2) is 18.7 Å². The average Bonchev–Trinajstić information content (AvgIpc) is 2.94. The number of methoxy groups -OCH3 is 1. The number of ether oxygens (including phenoxy) is 2. The molecule has 1 unspecified atom stereocenters. The lowest BCUT2D eigenvalue weighted by Gasteiger charge is -1.99. The summed E-state index contributed by atoms with van der Waals surface area (Å²) in [5.41, 5.74) is 0.614. The van der Waals surface area contributed by atoms with Gasteiger partial charge in [0.05, 0.1) is 7.11 Å². The minimum atomic E-state index is -0.510. The largest absolute Gasteiger partial charge is 0.497 e. The van der Waals surface area contributed by atoms with Crippen molar-refractivity contribution in [3.63, 3.8) is 0 Å². The lowest BCUT2D eigenvalue weighted by atomic mass is 10.1. The zero-order valence-electron chi connectivity index (χ0n) is 10.1. The molecule has 1 saturated heterocycles.